The molecule has 20 atom stereocenters. The first-order chi connectivity index (χ1) is 31.0. The second-order valence-electron chi connectivity index (χ2n) is 24.8. The molecule has 0 saturated heterocycles. The Morgan fingerprint density at radius 1 is 0.647 bits per heavy atom. The number of hydrogen-bond acceptors (Lipinski definition) is 9. The first-order valence-electron chi connectivity index (χ1n) is 25.9. The summed E-state index contributed by atoms with van der Waals surface area (Å²) in [5.74, 6) is -5.62. The minimum absolute atomic E-state index is 0. The maximum atomic E-state index is 14.7. The molecule has 0 aromatic carbocycles. The predicted octanol–water partition coefficient (Wildman–Crippen LogP) is 5.42. The molecule has 0 radical (unpaired) electrons. The molecule has 0 spiro atoms. The molecule has 6 N–H and O–H groups in total. The van der Waals surface area contributed by atoms with Crippen LogP contribution in [0.4, 0.5) is 17.6 Å². The Morgan fingerprint density at radius 2 is 1.04 bits per heavy atom. The average molecular weight is 1000 g/mol. The van der Waals surface area contributed by atoms with Crippen LogP contribution in [0, 0.1) is 92.7 Å². The number of alkyl halides is 4. The Balaban J connectivity index is 0.000000225. The van der Waals surface area contributed by atoms with Crippen LogP contribution in [0.2, 0.25) is 0 Å². The van der Waals surface area contributed by atoms with Gasteiger partial charge in [-0.1, -0.05) is 41.5 Å². The van der Waals surface area contributed by atoms with Crippen molar-refractivity contribution in [3.63, 3.8) is 0 Å². The third-order valence-electron chi connectivity index (χ3n) is 21.4. The van der Waals surface area contributed by atoms with E-state index in [1.54, 1.807) is 0 Å². The minimum Gasteiger partial charge on any atom is -0.748 e. The SMILES string of the molecule is C[C@H](CCC(=O)NCCCS(=O)(=O)[O-])[C@H]1CCC2C3C(CC[C@@]21C)[C@@]1(C)CC(F)(F)[C@H](O)C[C@H]1C[C@@H]3O.C[C@H](CCC(=O)O)[C@H]1CCC2C3C(CC[C@@]21C)[C@@]1(C)CC(F)(F)[C@H](O)C[C@H]1C[C@@H]3O.[Na+]. The summed E-state index contributed by atoms with van der Waals surface area (Å²) in [5, 5.41) is 54.3. The number of rotatable bonds is 12. The predicted molar refractivity (Wildman–Crippen MR) is 243 cm³/mol. The molecule has 11 nitrogen and oxygen atoms in total. The molecule has 17 heteroatoms. The van der Waals surface area contributed by atoms with E-state index >= 15 is 0 Å². The number of aliphatic hydroxyl groups is 4. The Morgan fingerprint density at radius 3 is 1.44 bits per heavy atom. The summed E-state index contributed by atoms with van der Waals surface area (Å²) < 4.78 is 90.6. The maximum absolute atomic E-state index is 14.7. The fourth-order valence-corrected chi connectivity index (χ4v) is 18.6. The van der Waals surface area contributed by atoms with Gasteiger partial charge in [-0.05, 0) is 189 Å². The Kier molecular flexibility index (Phi) is 17.2. The zero-order chi connectivity index (χ0) is 49.4. The number of aliphatic carboxylic acids is 1. The summed E-state index contributed by atoms with van der Waals surface area (Å²) in [4.78, 5) is 23.3. The summed E-state index contributed by atoms with van der Waals surface area (Å²) in [5.41, 5.74) is -1.09. The summed E-state index contributed by atoms with van der Waals surface area (Å²) in [7, 11) is -4.28. The van der Waals surface area contributed by atoms with Crippen LogP contribution in [-0.2, 0) is 19.7 Å². The van der Waals surface area contributed by atoms with Crippen molar-refractivity contribution in [2.24, 2.45) is 92.7 Å². The zero-order valence-electron chi connectivity index (χ0n) is 41.8. The van der Waals surface area contributed by atoms with Crippen molar-refractivity contribution in [2.75, 3.05) is 12.3 Å². The zero-order valence-corrected chi connectivity index (χ0v) is 44.6. The molecule has 8 fully saturated rings. The van der Waals surface area contributed by atoms with E-state index in [9.17, 15) is 60.5 Å². The average Bonchev–Trinajstić information content (AvgIpc) is 3.76. The van der Waals surface area contributed by atoms with Gasteiger partial charge in [-0.15, -0.1) is 0 Å². The van der Waals surface area contributed by atoms with Gasteiger partial charge < -0.3 is 35.4 Å². The number of amides is 1. The molecule has 8 saturated carbocycles. The number of aliphatic hydroxyl groups excluding tert-OH is 4. The number of carbonyl (C=O) groups is 2. The van der Waals surface area contributed by atoms with Gasteiger partial charge in [0.05, 0.1) is 22.3 Å². The van der Waals surface area contributed by atoms with E-state index in [1.165, 1.54) is 0 Å². The number of halogens is 4. The Hall–Kier alpha value is -0.590. The number of nitrogens with one attached hydrogen (secondary N) is 1. The smallest absolute Gasteiger partial charge is 0.748 e. The molecule has 8 aliphatic carbocycles. The van der Waals surface area contributed by atoms with E-state index in [-0.39, 0.29) is 139 Å². The van der Waals surface area contributed by atoms with Gasteiger partial charge in [0.2, 0.25) is 5.91 Å². The molecule has 6 unspecified atom stereocenters. The van der Waals surface area contributed by atoms with E-state index in [2.05, 4.69) is 33.0 Å². The fourth-order valence-electron chi connectivity index (χ4n) is 18.1. The number of hydrogen-bond donors (Lipinski definition) is 6. The van der Waals surface area contributed by atoms with Crippen molar-refractivity contribution in [2.45, 2.75) is 200 Å². The van der Waals surface area contributed by atoms with Crippen molar-refractivity contribution >= 4 is 22.0 Å². The summed E-state index contributed by atoms with van der Waals surface area (Å²) in [6.45, 7) is 13.1. The maximum Gasteiger partial charge on any atom is 1.00 e. The van der Waals surface area contributed by atoms with Crippen molar-refractivity contribution in [3.05, 3.63) is 0 Å². The summed E-state index contributed by atoms with van der Waals surface area (Å²) >= 11 is 0. The second kappa shape index (κ2) is 20.6. The van der Waals surface area contributed by atoms with Gasteiger partial charge in [0.15, 0.2) is 0 Å². The van der Waals surface area contributed by atoms with Gasteiger partial charge in [-0.25, -0.2) is 26.0 Å². The second-order valence-corrected chi connectivity index (χ2v) is 26.3. The van der Waals surface area contributed by atoms with Gasteiger partial charge in [0, 0.05) is 38.0 Å². The molecule has 8 aliphatic rings. The number of carboxylic acid groups (broad SMARTS) is 1. The number of carboxylic acids is 1. The molecule has 1 amide bonds. The van der Waals surface area contributed by atoms with E-state index in [1.807, 2.05) is 13.8 Å². The first kappa shape index (κ1) is 56.7. The largest absolute Gasteiger partial charge is 1.00 e. The topological polar surface area (TPSA) is 205 Å². The molecule has 0 aromatic rings. The first-order valence-corrected chi connectivity index (χ1v) is 27.5. The van der Waals surface area contributed by atoms with E-state index in [4.69, 9.17) is 5.11 Å². The van der Waals surface area contributed by atoms with Crippen molar-refractivity contribution < 1.29 is 95.2 Å². The molecule has 68 heavy (non-hydrogen) atoms. The van der Waals surface area contributed by atoms with E-state index in [0.717, 1.165) is 51.4 Å². The fraction of sp³-hybridized carbons (Fsp3) is 0.961. The normalized spacial score (nSPS) is 46.3. The molecule has 8 rings (SSSR count). The minimum atomic E-state index is -4.28. The van der Waals surface area contributed by atoms with Crippen molar-refractivity contribution in [1.82, 2.24) is 5.32 Å². The number of fused-ring (bicyclic) bond motifs is 10. The van der Waals surface area contributed by atoms with Gasteiger partial charge in [-0.3, -0.25) is 9.59 Å². The van der Waals surface area contributed by atoms with Crippen LogP contribution in [0.1, 0.15) is 164 Å². The third kappa shape index (κ3) is 10.7. The van der Waals surface area contributed by atoms with Crippen LogP contribution >= 0.6 is 0 Å². The van der Waals surface area contributed by atoms with Crippen LogP contribution < -0.4 is 34.9 Å². The van der Waals surface area contributed by atoms with Crippen molar-refractivity contribution in [3.8, 4) is 0 Å². The van der Waals surface area contributed by atoms with Gasteiger partial charge in [0.25, 0.3) is 11.8 Å². The molecular weight excluding hydrogens is 918 g/mol. The van der Waals surface area contributed by atoms with Gasteiger partial charge in [0.1, 0.15) is 12.2 Å². The quantitative estimate of drug-likeness (QED) is 0.0635. The van der Waals surface area contributed by atoms with Crippen LogP contribution in [-0.4, -0.2) is 98.9 Å². The number of carbonyl (C=O) groups excluding carboxylic acids is 1. The Bertz CT molecular complexity index is 1920. The molecule has 0 aliphatic heterocycles. The van der Waals surface area contributed by atoms with Crippen molar-refractivity contribution in [1.29, 1.82) is 0 Å². The third-order valence-corrected chi connectivity index (χ3v) is 22.2. The van der Waals surface area contributed by atoms with Gasteiger partial charge >= 0.3 is 35.5 Å². The monoisotopic (exact) mass is 1000 g/mol. The Labute approximate surface area is 424 Å². The molecular formula is C51H82F4NNaO10S. The van der Waals surface area contributed by atoms with Gasteiger partial charge in [-0.2, -0.15) is 0 Å². The van der Waals surface area contributed by atoms with Crippen LogP contribution in [0.5, 0.6) is 0 Å². The van der Waals surface area contributed by atoms with E-state index in [0.29, 0.717) is 55.8 Å². The molecule has 0 aromatic heterocycles. The molecule has 0 bridgehead atoms. The summed E-state index contributed by atoms with van der Waals surface area (Å²) in [6, 6.07) is 0. The van der Waals surface area contributed by atoms with Crippen LogP contribution in [0.15, 0.2) is 0 Å². The molecule has 0 heterocycles. The summed E-state index contributed by atoms with van der Waals surface area (Å²) in [6.07, 6.45) is 5.78. The van der Waals surface area contributed by atoms with Crippen LogP contribution in [0.3, 0.4) is 0 Å². The van der Waals surface area contributed by atoms with E-state index < -0.39 is 68.9 Å². The standard InChI is InChI=1S/C27H45F2NO6S.C24H38F2O4.Na/c1-16(5-8-23(33)30-11-4-12-37(34,35)36)18-6-7-19-24-20(9-10-25(18,19)2)26(3)15-27(28,29)22(32)14-17(26)13-21(24)31;1-13(4-7-20(29)30)15-5-6-16-21-17(8-9-22(15,16)2)23(3)12-24(25,26)19(28)11-14(23)10-18(21)27;/h16-22,24,31-32H,4-15H2,1-3H3,(H,30,33)(H,34,35,36);13-19,21,27-28H,4-12H2,1-3H3,(H,29,30);/q;;+1/p-1/t16-,17-,18-,19?,20?,21+,22-,24?,25-,26+;13-,14-,15-,16?,17?,18+,19-,21?,22-,23+;/m11./s1. The van der Waals surface area contributed by atoms with Crippen LogP contribution in [0.25, 0.3) is 0 Å². The molecule has 386 valence electrons.